The second kappa shape index (κ2) is 22.6. The van der Waals surface area contributed by atoms with Crippen LogP contribution < -0.4 is 0 Å². The van der Waals surface area contributed by atoms with Gasteiger partial charge in [-0.1, -0.05) is 130 Å². The van der Waals surface area contributed by atoms with Crippen molar-refractivity contribution in [1.29, 1.82) is 0 Å². The summed E-state index contributed by atoms with van der Waals surface area (Å²) >= 11 is 6.99. The van der Waals surface area contributed by atoms with Crippen LogP contribution in [0.15, 0.2) is 136 Å². The van der Waals surface area contributed by atoms with Crippen LogP contribution in [0.3, 0.4) is 0 Å². The summed E-state index contributed by atoms with van der Waals surface area (Å²) in [6.07, 6.45) is 16.1. The monoisotopic (exact) mass is 994 g/mol. The fraction of sp³-hybridized carbons (Fsp3) is 0.351. The highest BCUT2D eigenvalue weighted by atomic mass is 79.9. The molecule has 3 aliphatic rings. The molecule has 2 aliphatic heterocycles. The molecule has 0 bridgehead atoms. The first-order valence-corrected chi connectivity index (χ1v) is 25.3. The number of ether oxygens (including phenoxy) is 1. The van der Waals surface area contributed by atoms with Crippen LogP contribution >= 0.6 is 31.9 Å². The average Bonchev–Trinajstić information content (AvgIpc) is 4.20. The zero-order valence-electron chi connectivity index (χ0n) is 38.3. The summed E-state index contributed by atoms with van der Waals surface area (Å²) < 4.78 is 6.99. The minimum Gasteiger partial charge on any atom is -0.466 e. The quantitative estimate of drug-likeness (QED) is 0.100. The Bertz CT molecular complexity index is 2640. The molecule has 2 atom stereocenters. The molecule has 7 aromatic rings. The maximum absolute atomic E-state index is 11.3. The van der Waals surface area contributed by atoms with E-state index in [9.17, 15) is 4.79 Å². The van der Waals surface area contributed by atoms with E-state index in [0.29, 0.717) is 12.1 Å². The first kappa shape index (κ1) is 46.8. The normalized spacial score (nSPS) is 18.0. The molecule has 2 N–H and O–H groups in total. The molecule has 1 saturated carbocycles. The lowest BCUT2D eigenvalue weighted by Gasteiger charge is -2.25. The first-order valence-electron chi connectivity index (χ1n) is 23.7. The number of methoxy groups -OCH3 is 1. The Balaban J connectivity index is 0.000000143. The molecule has 0 spiro atoms. The summed E-state index contributed by atoms with van der Waals surface area (Å²) in [5.74, 6) is 0.515. The third-order valence-electron chi connectivity index (χ3n) is 14.0. The zero-order valence-corrected chi connectivity index (χ0v) is 41.5. The van der Waals surface area contributed by atoms with E-state index in [1.54, 1.807) is 6.08 Å². The minimum atomic E-state index is -0.330. The van der Waals surface area contributed by atoms with Crippen molar-refractivity contribution < 1.29 is 9.53 Å². The molecule has 65 heavy (non-hydrogen) atoms. The SMILES string of the molecule is Brc1ccc(C2CCCC2)cc1.COC(=O)/C=C/c1ccc(C2CCCN2CCc2c(C)[nH]c3ccccc23)cc1.Cc1[nH]c2ccccc2c1CCN1CCCC1c1ccc(Br)cc1. The van der Waals surface area contributed by atoms with E-state index in [-0.39, 0.29) is 5.97 Å². The molecule has 3 fully saturated rings. The topological polar surface area (TPSA) is 64.4 Å². The number of nitrogens with one attached hydrogen (secondary N) is 2. The van der Waals surface area contributed by atoms with Crippen LogP contribution in [0.4, 0.5) is 0 Å². The second-order valence-electron chi connectivity index (χ2n) is 18.0. The van der Waals surface area contributed by atoms with Gasteiger partial charge in [-0.3, -0.25) is 9.80 Å². The standard InChI is InChI=1S/C25H28N2O2.C21H23BrN2.C11H13Br/c1-18-21(22-6-3-4-7-23(22)26-18)15-17-27-16-5-8-24(27)20-12-9-19(10-13-20)11-14-25(28)29-2;1-15-18(19-5-2-3-6-20(19)23-15)12-14-24-13-4-7-21(24)16-8-10-17(22)11-9-16;12-11-7-5-10(6-8-11)9-3-1-2-4-9/h3-4,6-7,9-14,24,26H,5,8,15-17H2,1-2H3;2-3,5-6,8-11,21,23H,4,7,12-14H2,1H3;5-9H,1-4H2/b14-11+;;. The van der Waals surface area contributed by atoms with Crippen molar-refractivity contribution in [3.05, 3.63) is 181 Å². The van der Waals surface area contributed by atoms with E-state index < -0.39 is 0 Å². The van der Waals surface area contributed by atoms with Gasteiger partial charge in [0.25, 0.3) is 0 Å². The predicted molar refractivity (Wildman–Crippen MR) is 278 cm³/mol. The number of carbonyl (C=O) groups excluding carboxylic acids is 1. The maximum Gasteiger partial charge on any atom is 0.330 e. The maximum atomic E-state index is 11.3. The average molecular weight is 997 g/mol. The van der Waals surface area contributed by atoms with Gasteiger partial charge >= 0.3 is 5.97 Å². The molecule has 4 heterocycles. The molecular formula is C57H64Br2N4O2. The van der Waals surface area contributed by atoms with Crippen LogP contribution in [0.2, 0.25) is 0 Å². The van der Waals surface area contributed by atoms with Crippen molar-refractivity contribution >= 4 is 65.7 Å². The van der Waals surface area contributed by atoms with E-state index in [1.165, 1.54) is 137 Å². The van der Waals surface area contributed by atoms with E-state index in [4.69, 9.17) is 0 Å². The van der Waals surface area contributed by atoms with Crippen LogP contribution in [-0.4, -0.2) is 59.0 Å². The number of rotatable bonds is 11. The molecule has 0 amide bonds. The highest BCUT2D eigenvalue weighted by Crippen LogP contribution is 2.36. The summed E-state index contributed by atoms with van der Waals surface area (Å²) in [6, 6.07) is 44.5. The molecular weight excluding hydrogens is 932 g/mol. The molecule has 2 aromatic heterocycles. The molecule has 1 aliphatic carbocycles. The summed E-state index contributed by atoms with van der Waals surface area (Å²) in [5, 5.41) is 2.73. The highest BCUT2D eigenvalue weighted by molar-refractivity contribution is 9.10. The molecule has 338 valence electrons. The number of aryl methyl sites for hydroxylation is 2. The van der Waals surface area contributed by atoms with E-state index >= 15 is 0 Å². The Morgan fingerprint density at radius 1 is 0.600 bits per heavy atom. The number of carbonyl (C=O) groups is 1. The predicted octanol–water partition coefficient (Wildman–Crippen LogP) is 14.8. The summed E-state index contributed by atoms with van der Waals surface area (Å²) in [6.45, 7) is 8.93. The van der Waals surface area contributed by atoms with Gasteiger partial charge in [0.2, 0.25) is 0 Å². The second-order valence-corrected chi connectivity index (χ2v) is 19.9. The third kappa shape index (κ3) is 12.0. The number of esters is 1. The molecule has 6 nitrogen and oxygen atoms in total. The van der Waals surface area contributed by atoms with Gasteiger partial charge in [0.15, 0.2) is 0 Å². The molecule has 2 saturated heterocycles. The summed E-state index contributed by atoms with van der Waals surface area (Å²) in [7, 11) is 1.39. The first-order chi connectivity index (χ1) is 31.7. The van der Waals surface area contributed by atoms with E-state index in [2.05, 4.69) is 192 Å². The van der Waals surface area contributed by atoms with Crippen molar-refractivity contribution in [3.63, 3.8) is 0 Å². The van der Waals surface area contributed by atoms with Gasteiger partial charge in [-0.2, -0.15) is 0 Å². The van der Waals surface area contributed by atoms with Crippen LogP contribution in [0.25, 0.3) is 27.9 Å². The molecule has 2 unspecified atom stereocenters. The highest BCUT2D eigenvalue weighted by Gasteiger charge is 2.27. The number of halogens is 2. The lowest BCUT2D eigenvalue weighted by Crippen LogP contribution is -2.25. The summed E-state index contributed by atoms with van der Waals surface area (Å²) in [4.78, 5) is 23.6. The van der Waals surface area contributed by atoms with Gasteiger partial charge in [-0.25, -0.2) is 4.79 Å². The number of hydrogen-bond acceptors (Lipinski definition) is 4. The molecule has 8 heteroatoms. The number of aromatic nitrogens is 2. The minimum absolute atomic E-state index is 0.330. The fourth-order valence-electron chi connectivity index (χ4n) is 10.5. The van der Waals surface area contributed by atoms with Gasteiger partial charge < -0.3 is 14.7 Å². The number of para-hydroxylation sites is 2. The van der Waals surface area contributed by atoms with Gasteiger partial charge in [0.1, 0.15) is 0 Å². The molecule has 10 rings (SSSR count). The number of fused-ring (bicyclic) bond motifs is 2. The Morgan fingerprint density at radius 3 is 1.52 bits per heavy atom. The summed E-state index contributed by atoms with van der Waals surface area (Å²) in [5.41, 5.74) is 13.3. The number of nitrogens with zero attached hydrogens (tertiary/aromatic N) is 2. The van der Waals surface area contributed by atoms with Crippen molar-refractivity contribution in [3.8, 4) is 0 Å². The van der Waals surface area contributed by atoms with Crippen LogP contribution in [0.1, 0.15) is 114 Å². The Labute approximate surface area is 403 Å². The number of hydrogen-bond donors (Lipinski definition) is 2. The number of aromatic amines is 2. The number of H-pyrrole nitrogens is 2. The Morgan fingerprint density at radius 2 is 1.05 bits per heavy atom. The van der Waals surface area contributed by atoms with Gasteiger partial charge in [-0.05, 0) is 160 Å². The van der Waals surface area contributed by atoms with Crippen molar-refractivity contribution in [2.75, 3.05) is 33.3 Å². The zero-order chi connectivity index (χ0) is 45.1. The largest absolute Gasteiger partial charge is 0.466 e. The molecule has 5 aromatic carbocycles. The van der Waals surface area contributed by atoms with Crippen molar-refractivity contribution in [2.24, 2.45) is 0 Å². The number of benzene rings is 5. The third-order valence-corrected chi connectivity index (χ3v) is 15.0. The van der Waals surface area contributed by atoms with Gasteiger partial charge in [0.05, 0.1) is 7.11 Å². The lowest BCUT2D eigenvalue weighted by atomic mass is 9.98. The Hall–Kier alpha value is -4.73. The van der Waals surface area contributed by atoms with Crippen LogP contribution in [0, 0.1) is 13.8 Å². The molecule has 0 radical (unpaired) electrons. The van der Waals surface area contributed by atoms with E-state index in [1.807, 2.05) is 0 Å². The van der Waals surface area contributed by atoms with Crippen LogP contribution in [0.5, 0.6) is 0 Å². The van der Waals surface area contributed by atoms with Crippen LogP contribution in [-0.2, 0) is 22.4 Å². The fourth-order valence-corrected chi connectivity index (χ4v) is 11.0. The number of likely N-dealkylation sites (tertiary alicyclic amines) is 2. The Kier molecular flexibility index (Phi) is 16.3. The van der Waals surface area contributed by atoms with Gasteiger partial charge in [0, 0.05) is 73.4 Å². The van der Waals surface area contributed by atoms with Crippen molar-refractivity contribution in [1.82, 2.24) is 19.8 Å². The van der Waals surface area contributed by atoms with E-state index in [0.717, 1.165) is 48.4 Å². The van der Waals surface area contributed by atoms with Gasteiger partial charge in [-0.15, -0.1) is 0 Å². The smallest absolute Gasteiger partial charge is 0.330 e. The lowest BCUT2D eigenvalue weighted by molar-refractivity contribution is -0.134. The van der Waals surface area contributed by atoms with Crippen molar-refractivity contribution in [2.45, 2.75) is 96.1 Å².